The average Bonchev–Trinajstić information content (AvgIpc) is 2.93. The van der Waals surface area contributed by atoms with Gasteiger partial charge in [-0.1, -0.05) is 0 Å². The van der Waals surface area contributed by atoms with Crippen LogP contribution in [0.3, 0.4) is 0 Å². The van der Waals surface area contributed by atoms with E-state index in [9.17, 15) is 9.59 Å². The fourth-order valence-electron chi connectivity index (χ4n) is 2.77. The number of fused-ring (bicyclic) bond motifs is 1. The van der Waals surface area contributed by atoms with Crippen LogP contribution in [0.1, 0.15) is 23.7 Å². The van der Waals surface area contributed by atoms with Crippen molar-refractivity contribution in [3.63, 3.8) is 0 Å². The van der Waals surface area contributed by atoms with Crippen LogP contribution >= 0.6 is 0 Å². The molecule has 0 aliphatic carbocycles. The van der Waals surface area contributed by atoms with Crippen LogP contribution in [0.25, 0.3) is 0 Å². The lowest BCUT2D eigenvalue weighted by atomic mass is 10.1. The molecule has 0 saturated carbocycles. The Labute approximate surface area is 111 Å². The van der Waals surface area contributed by atoms with E-state index < -0.39 is 11.7 Å². The number of hydrogen-bond donors (Lipinski definition) is 1. The first kappa shape index (κ1) is 12.2. The first-order valence-corrected chi connectivity index (χ1v) is 6.42. The molecule has 2 heterocycles. The number of rotatable bonds is 2. The molecule has 1 aromatic rings. The van der Waals surface area contributed by atoms with Gasteiger partial charge in [0.15, 0.2) is 0 Å². The second-order valence-corrected chi connectivity index (χ2v) is 5.06. The van der Waals surface area contributed by atoms with Gasteiger partial charge in [0.25, 0.3) is 11.7 Å². The summed E-state index contributed by atoms with van der Waals surface area (Å²) in [7, 11) is 2.01. The molecular weight excluding hydrogens is 244 g/mol. The molecule has 2 unspecified atom stereocenters. The Morgan fingerprint density at radius 2 is 2.16 bits per heavy atom. The number of carbonyl (C=O) groups is 2. The van der Waals surface area contributed by atoms with Crippen LogP contribution in [0, 0.1) is 0 Å². The van der Waals surface area contributed by atoms with Crippen molar-refractivity contribution in [2.75, 3.05) is 23.9 Å². The maximum atomic E-state index is 11.5. The summed E-state index contributed by atoms with van der Waals surface area (Å²) in [5.41, 5.74) is 2.04. The third-order valence-corrected chi connectivity index (χ3v) is 3.94. The second kappa shape index (κ2) is 4.35. The normalized spacial score (nSPS) is 25.4. The number of nitrogens with zero attached hydrogens (tertiary/aromatic N) is 1. The summed E-state index contributed by atoms with van der Waals surface area (Å²) in [5.74, 6) is -1.01. The molecule has 3 rings (SSSR count). The van der Waals surface area contributed by atoms with Crippen molar-refractivity contribution in [2.45, 2.75) is 25.5 Å². The summed E-state index contributed by atoms with van der Waals surface area (Å²) in [6, 6.07) is 5.76. The summed E-state index contributed by atoms with van der Waals surface area (Å²) in [5, 5.41) is 2.60. The molecule has 0 radical (unpaired) electrons. The molecule has 0 spiro atoms. The van der Waals surface area contributed by atoms with Crippen LogP contribution in [0.15, 0.2) is 18.2 Å². The van der Waals surface area contributed by atoms with Gasteiger partial charge in [-0.15, -0.1) is 0 Å². The van der Waals surface area contributed by atoms with Gasteiger partial charge in [0.2, 0.25) is 0 Å². The zero-order chi connectivity index (χ0) is 13.6. The molecule has 1 saturated heterocycles. The lowest BCUT2D eigenvalue weighted by Crippen LogP contribution is -2.36. The predicted octanol–water partition coefficient (Wildman–Crippen LogP) is 1.44. The number of nitrogens with one attached hydrogen (secondary N) is 1. The molecule has 2 aliphatic heterocycles. The Balaban J connectivity index is 1.89. The summed E-state index contributed by atoms with van der Waals surface area (Å²) < 4.78 is 5.57. The van der Waals surface area contributed by atoms with Crippen LogP contribution < -0.4 is 10.2 Å². The number of hydrogen-bond acceptors (Lipinski definition) is 4. The van der Waals surface area contributed by atoms with E-state index in [1.54, 1.807) is 6.07 Å². The molecule has 5 heteroatoms. The lowest BCUT2D eigenvalue weighted by molar-refractivity contribution is -0.112. The Kier molecular flexibility index (Phi) is 2.78. The van der Waals surface area contributed by atoms with Gasteiger partial charge < -0.3 is 15.0 Å². The Morgan fingerprint density at radius 3 is 2.84 bits per heavy atom. The number of ether oxygens (including phenoxy) is 1. The van der Waals surface area contributed by atoms with Crippen LogP contribution in [0.2, 0.25) is 0 Å². The molecular formula is C14H16N2O3. The Morgan fingerprint density at radius 1 is 1.37 bits per heavy atom. The number of Topliss-reactive ketones (excluding diaryl/α,β-unsaturated/α-hetero) is 1. The third kappa shape index (κ3) is 1.90. The highest BCUT2D eigenvalue weighted by atomic mass is 16.5. The maximum absolute atomic E-state index is 11.5. The van der Waals surface area contributed by atoms with E-state index in [0.29, 0.717) is 17.3 Å². The third-order valence-electron chi connectivity index (χ3n) is 3.94. The topological polar surface area (TPSA) is 58.6 Å². The van der Waals surface area contributed by atoms with Gasteiger partial charge in [-0.05, 0) is 31.5 Å². The van der Waals surface area contributed by atoms with Crippen molar-refractivity contribution in [3.05, 3.63) is 23.8 Å². The standard InChI is InChI=1S/C14H16N2O3/c1-8-12(5-6-19-8)16(2)9-3-4-10-11(7-9)15-14(18)13(10)17/h3-4,7-8,12H,5-6H2,1-2H3,(H,15,17,18). The molecule has 19 heavy (non-hydrogen) atoms. The number of anilines is 2. The van der Waals surface area contributed by atoms with Crippen molar-refractivity contribution >= 4 is 23.1 Å². The van der Waals surface area contributed by atoms with Gasteiger partial charge >= 0.3 is 0 Å². The fraction of sp³-hybridized carbons (Fsp3) is 0.429. The fourth-order valence-corrected chi connectivity index (χ4v) is 2.77. The van der Waals surface area contributed by atoms with Gasteiger partial charge in [0.05, 0.1) is 23.4 Å². The van der Waals surface area contributed by atoms with Gasteiger partial charge in [-0.3, -0.25) is 9.59 Å². The van der Waals surface area contributed by atoms with Crippen LogP contribution in [0.5, 0.6) is 0 Å². The Bertz CT molecular complexity index is 556. The highest BCUT2D eigenvalue weighted by Gasteiger charge is 2.31. The second-order valence-electron chi connectivity index (χ2n) is 5.06. The zero-order valence-electron chi connectivity index (χ0n) is 11.0. The number of benzene rings is 1. The molecule has 2 aliphatic rings. The lowest BCUT2D eigenvalue weighted by Gasteiger charge is -2.29. The number of carbonyl (C=O) groups excluding carboxylic acids is 2. The highest BCUT2D eigenvalue weighted by Crippen LogP contribution is 2.30. The molecule has 1 aromatic carbocycles. The summed E-state index contributed by atoms with van der Waals surface area (Å²) in [6.07, 6.45) is 1.18. The monoisotopic (exact) mass is 260 g/mol. The van der Waals surface area contributed by atoms with E-state index >= 15 is 0 Å². The molecule has 2 atom stereocenters. The first-order chi connectivity index (χ1) is 9.08. The summed E-state index contributed by atoms with van der Waals surface area (Å²) >= 11 is 0. The first-order valence-electron chi connectivity index (χ1n) is 6.42. The number of likely N-dealkylation sites (N-methyl/N-ethyl adjacent to an activating group) is 1. The largest absolute Gasteiger partial charge is 0.376 e. The van der Waals surface area contributed by atoms with E-state index in [2.05, 4.69) is 17.1 Å². The van der Waals surface area contributed by atoms with E-state index in [0.717, 1.165) is 18.7 Å². The number of ketones is 1. The molecule has 100 valence electrons. The van der Waals surface area contributed by atoms with Gasteiger partial charge in [-0.2, -0.15) is 0 Å². The quantitative estimate of drug-likeness (QED) is 0.817. The molecule has 5 nitrogen and oxygen atoms in total. The van der Waals surface area contributed by atoms with E-state index in [4.69, 9.17) is 4.74 Å². The van der Waals surface area contributed by atoms with Crippen LogP contribution in [0.4, 0.5) is 11.4 Å². The molecule has 0 bridgehead atoms. The van der Waals surface area contributed by atoms with E-state index in [-0.39, 0.29) is 6.10 Å². The van der Waals surface area contributed by atoms with Crippen molar-refractivity contribution in [2.24, 2.45) is 0 Å². The smallest absolute Gasteiger partial charge is 0.296 e. The number of amides is 1. The summed E-state index contributed by atoms with van der Waals surface area (Å²) in [4.78, 5) is 25.0. The van der Waals surface area contributed by atoms with Crippen molar-refractivity contribution < 1.29 is 14.3 Å². The predicted molar refractivity (Wildman–Crippen MR) is 71.6 cm³/mol. The van der Waals surface area contributed by atoms with Gasteiger partial charge in [0.1, 0.15) is 0 Å². The average molecular weight is 260 g/mol. The molecule has 1 amide bonds. The zero-order valence-corrected chi connectivity index (χ0v) is 11.0. The highest BCUT2D eigenvalue weighted by molar-refractivity contribution is 6.51. The minimum Gasteiger partial charge on any atom is -0.376 e. The van der Waals surface area contributed by atoms with Crippen molar-refractivity contribution in [1.82, 2.24) is 0 Å². The van der Waals surface area contributed by atoms with Gasteiger partial charge in [-0.25, -0.2) is 0 Å². The van der Waals surface area contributed by atoms with Crippen LogP contribution in [-0.4, -0.2) is 37.5 Å². The molecule has 0 aromatic heterocycles. The SMILES string of the molecule is CC1OCCC1N(C)c1ccc2c(c1)NC(=O)C2=O. The van der Waals surface area contributed by atoms with Crippen LogP contribution in [-0.2, 0) is 9.53 Å². The minimum atomic E-state index is -0.549. The van der Waals surface area contributed by atoms with Crippen molar-refractivity contribution in [3.8, 4) is 0 Å². The Hall–Kier alpha value is -1.88. The maximum Gasteiger partial charge on any atom is 0.296 e. The molecule has 1 fully saturated rings. The van der Waals surface area contributed by atoms with E-state index in [1.807, 2.05) is 19.2 Å². The van der Waals surface area contributed by atoms with E-state index in [1.165, 1.54) is 0 Å². The molecule has 1 N–H and O–H groups in total. The summed E-state index contributed by atoms with van der Waals surface area (Å²) in [6.45, 7) is 2.84. The van der Waals surface area contributed by atoms with Crippen molar-refractivity contribution in [1.29, 1.82) is 0 Å². The minimum absolute atomic E-state index is 0.189. The van der Waals surface area contributed by atoms with Gasteiger partial charge in [0, 0.05) is 19.3 Å².